The monoisotopic (exact) mass is 275 g/mol. The Morgan fingerprint density at radius 1 is 1.42 bits per heavy atom. The molecule has 1 aromatic rings. The lowest BCUT2D eigenvalue weighted by Gasteiger charge is -2.18. The lowest BCUT2D eigenvalue weighted by Crippen LogP contribution is -2.16. The Kier molecular flexibility index (Phi) is 5.05. The molecule has 3 N–H and O–H groups in total. The largest absolute Gasteiger partial charge is 0.493 e. The van der Waals surface area contributed by atoms with E-state index in [4.69, 9.17) is 20.3 Å². The fourth-order valence-corrected chi connectivity index (χ4v) is 1.72. The van der Waals surface area contributed by atoms with E-state index in [-0.39, 0.29) is 29.9 Å². The zero-order valence-corrected chi connectivity index (χ0v) is 10.6. The number of benzene rings is 1. The van der Waals surface area contributed by atoms with Crippen molar-refractivity contribution in [3.63, 3.8) is 0 Å². The van der Waals surface area contributed by atoms with E-state index >= 15 is 0 Å². The maximum atomic E-state index is 13.8. The molecule has 0 radical (unpaired) electrons. The molecule has 7 heteroatoms. The van der Waals surface area contributed by atoms with Gasteiger partial charge in [-0.3, -0.25) is 4.79 Å². The molecule has 5 nitrogen and oxygen atoms in total. The summed E-state index contributed by atoms with van der Waals surface area (Å²) in [4.78, 5) is 10.5. The molecular weight excluding hydrogens is 260 g/mol. The Morgan fingerprint density at radius 2 is 2.05 bits per heavy atom. The zero-order chi connectivity index (χ0) is 14.6. The van der Waals surface area contributed by atoms with Gasteiger partial charge >= 0.3 is 5.97 Å². The third-order valence-electron chi connectivity index (χ3n) is 2.64. The van der Waals surface area contributed by atoms with E-state index in [1.807, 2.05) is 0 Å². The minimum absolute atomic E-state index is 0.00201. The Bertz CT molecular complexity index is 479. The van der Waals surface area contributed by atoms with Crippen molar-refractivity contribution < 1.29 is 28.2 Å². The van der Waals surface area contributed by atoms with Crippen molar-refractivity contribution in [1.29, 1.82) is 0 Å². The van der Waals surface area contributed by atoms with Crippen molar-refractivity contribution in [2.45, 2.75) is 18.9 Å². The molecule has 0 aromatic heterocycles. The zero-order valence-electron chi connectivity index (χ0n) is 10.6. The van der Waals surface area contributed by atoms with Gasteiger partial charge in [0.05, 0.1) is 19.8 Å². The van der Waals surface area contributed by atoms with E-state index in [2.05, 4.69) is 0 Å². The number of carboxylic acid groups (broad SMARTS) is 1. The van der Waals surface area contributed by atoms with Crippen molar-refractivity contribution in [2.75, 3.05) is 14.2 Å². The topological polar surface area (TPSA) is 81.8 Å². The highest BCUT2D eigenvalue weighted by Crippen LogP contribution is 2.38. The minimum Gasteiger partial charge on any atom is -0.493 e. The van der Waals surface area contributed by atoms with Crippen LogP contribution in [0.1, 0.15) is 24.4 Å². The summed E-state index contributed by atoms with van der Waals surface area (Å²) in [6.45, 7) is 0. The number of hydrogen-bond acceptors (Lipinski definition) is 4. The van der Waals surface area contributed by atoms with E-state index in [0.717, 1.165) is 6.07 Å². The molecule has 1 aromatic carbocycles. The number of ether oxygens (including phenoxy) is 2. The van der Waals surface area contributed by atoms with Crippen LogP contribution in [-0.2, 0) is 4.79 Å². The number of rotatable bonds is 6. The predicted molar refractivity (Wildman–Crippen MR) is 63.3 cm³/mol. The fourth-order valence-electron chi connectivity index (χ4n) is 1.72. The lowest BCUT2D eigenvalue weighted by atomic mass is 10.00. The van der Waals surface area contributed by atoms with Crippen molar-refractivity contribution in [3.8, 4) is 11.5 Å². The Labute approximate surface area is 108 Å². The highest BCUT2D eigenvalue weighted by molar-refractivity contribution is 5.66. The fraction of sp³-hybridized carbons (Fsp3) is 0.417. The first-order valence-corrected chi connectivity index (χ1v) is 5.49. The SMILES string of the molecule is COc1cc(F)c(F)c(C(N)CCC(=O)O)c1OC. The second-order valence-corrected chi connectivity index (χ2v) is 3.86. The van der Waals surface area contributed by atoms with Gasteiger partial charge in [0.15, 0.2) is 23.1 Å². The third kappa shape index (κ3) is 3.31. The van der Waals surface area contributed by atoms with E-state index in [0.29, 0.717) is 0 Å². The van der Waals surface area contributed by atoms with Crippen LogP contribution in [0.25, 0.3) is 0 Å². The molecule has 0 saturated carbocycles. The molecule has 1 atom stereocenters. The van der Waals surface area contributed by atoms with Crippen molar-refractivity contribution in [2.24, 2.45) is 5.73 Å². The molecule has 1 rings (SSSR count). The number of halogens is 2. The van der Waals surface area contributed by atoms with Gasteiger partial charge in [0.25, 0.3) is 0 Å². The van der Waals surface area contributed by atoms with Crippen molar-refractivity contribution >= 4 is 5.97 Å². The van der Waals surface area contributed by atoms with Crippen LogP contribution in [-0.4, -0.2) is 25.3 Å². The quantitative estimate of drug-likeness (QED) is 0.828. The molecule has 0 spiro atoms. The van der Waals surface area contributed by atoms with Gasteiger partial charge in [-0.2, -0.15) is 0 Å². The summed E-state index contributed by atoms with van der Waals surface area (Å²) >= 11 is 0. The van der Waals surface area contributed by atoms with Crippen LogP contribution in [0.4, 0.5) is 8.78 Å². The van der Waals surface area contributed by atoms with Crippen LogP contribution in [0, 0.1) is 11.6 Å². The second-order valence-electron chi connectivity index (χ2n) is 3.86. The van der Waals surface area contributed by atoms with Gasteiger partial charge in [0, 0.05) is 18.5 Å². The van der Waals surface area contributed by atoms with Gasteiger partial charge in [-0.15, -0.1) is 0 Å². The molecular formula is C12H15F2NO4. The first-order chi connectivity index (χ1) is 8.92. The molecule has 1 unspecified atom stereocenters. The number of carbonyl (C=O) groups is 1. The number of nitrogens with two attached hydrogens (primary N) is 1. The molecule has 0 amide bonds. The van der Waals surface area contributed by atoms with Crippen LogP contribution in [0.3, 0.4) is 0 Å². The van der Waals surface area contributed by atoms with Gasteiger partial charge in [-0.05, 0) is 6.42 Å². The van der Waals surface area contributed by atoms with Crippen LogP contribution in [0.2, 0.25) is 0 Å². The van der Waals surface area contributed by atoms with Crippen LogP contribution >= 0.6 is 0 Å². The minimum atomic E-state index is -1.16. The first kappa shape index (κ1) is 15.2. The second kappa shape index (κ2) is 6.33. The van der Waals surface area contributed by atoms with Crippen molar-refractivity contribution in [3.05, 3.63) is 23.3 Å². The standard InChI is InChI=1S/C12H15F2NO4/c1-18-8-5-6(13)11(14)10(12(8)19-2)7(15)3-4-9(16)17/h5,7H,3-4,15H2,1-2H3,(H,16,17). The smallest absolute Gasteiger partial charge is 0.303 e. The van der Waals surface area contributed by atoms with Crippen molar-refractivity contribution in [1.82, 2.24) is 0 Å². The van der Waals surface area contributed by atoms with E-state index in [9.17, 15) is 13.6 Å². The van der Waals surface area contributed by atoms with Crippen LogP contribution in [0.5, 0.6) is 11.5 Å². The predicted octanol–water partition coefficient (Wildman–Crippen LogP) is 1.85. The molecule has 0 heterocycles. The van der Waals surface area contributed by atoms with Gasteiger partial charge in [-0.25, -0.2) is 8.78 Å². The Balaban J connectivity index is 3.22. The highest BCUT2D eigenvalue weighted by Gasteiger charge is 2.25. The van der Waals surface area contributed by atoms with E-state index in [1.165, 1.54) is 14.2 Å². The molecule has 0 aliphatic heterocycles. The van der Waals surface area contributed by atoms with Gasteiger partial charge in [0.2, 0.25) is 0 Å². The maximum absolute atomic E-state index is 13.8. The summed E-state index contributed by atoms with van der Waals surface area (Å²) in [5.74, 6) is -3.38. The Hall–Kier alpha value is -1.89. The van der Waals surface area contributed by atoms with Gasteiger partial charge < -0.3 is 20.3 Å². The summed E-state index contributed by atoms with van der Waals surface area (Å²) in [6, 6.07) is -0.155. The molecule has 106 valence electrons. The number of methoxy groups -OCH3 is 2. The van der Waals surface area contributed by atoms with E-state index in [1.54, 1.807) is 0 Å². The lowest BCUT2D eigenvalue weighted by molar-refractivity contribution is -0.137. The molecule has 0 bridgehead atoms. The molecule has 0 fully saturated rings. The number of carboxylic acids is 1. The highest BCUT2D eigenvalue weighted by atomic mass is 19.2. The average Bonchev–Trinajstić information content (AvgIpc) is 2.38. The van der Waals surface area contributed by atoms with Gasteiger partial charge in [-0.1, -0.05) is 0 Å². The van der Waals surface area contributed by atoms with Crippen LogP contribution < -0.4 is 15.2 Å². The molecule has 0 saturated heterocycles. The van der Waals surface area contributed by atoms with Gasteiger partial charge in [0.1, 0.15) is 0 Å². The number of hydrogen-bond donors (Lipinski definition) is 2. The summed E-state index contributed by atoms with van der Waals surface area (Å²) in [5.41, 5.74) is 5.49. The van der Waals surface area contributed by atoms with Crippen LogP contribution in [0.15, 0.2) is 6.07 Å². The number of aliphatic carboxylic acids is 1. The maximum Gasteiger partial charge on any atom is 0.303 e. The molecule has 0 aliphatic rings. The molecule has 19 heavy (non-hydrogen) atoms. The first-order valence-electron chi connectivity index (χ1n) is 5.49. The molecule has 0 aliphatic carbocycles. The average molecular weight is 275 g/mol. The summed E-state index contributed by atoms with van der Waals surface area (Å²) in [6.07, 6.45) is -0.308. The third-order valence-corrected chi connectivity index (χ3v) is 2.64. The summed E-state index contributed by atoms with van der Waals surface area (Å²) < 4.78 is 37.1. The Morgan fingerprint density at radius 3 is 2.53 bits per heavy atom. The summed E-state index contributed by atoms with van der Waals surface area (Å²) in [5, 5.41) is 8.58. The summed E-state index contributed by atoms with van der Waals surface area (Å²) in [7, 11) is 2.55. The van der Waals surface area contributed by atoms with E-state index < -0.39 is 23.6 Å². The normalized spacial score (nSPS) is 12.1.